The Kier molecular flexibility index (Phi) is 10.0. The number of oxazole rings is 1. The number of nitrogens with zero attached hydrogens (tertiary/aromatic N) is 3. The Labute approximate surface area is 262 Å². The van der Waals surface area contributed by atoms with Gasteiger partial charge in [0, 0.05) is 29.1 Å². The normalized spacial score (nSPS) is 11.8. The maximum atomic E-state index is 12.8. The molecule has 2 heterocycles. The first-order valence-corrected chi connectivity index (χ1v) is 16.8. The number of nitrogens with one attached hydrogen (secondary N) is 1. The van der Waals surface area contributed by atoms with Gasteiger partial charge in [-0.3, -0.25) is 13.9 Å². The molecule has 0 aliphatic carbocycles. The summed E-state index contributed by atoms with van der Waals surface area (Å²) in [6.07, 6.45) is 3.24. The van der Waals surface area contributed by atoms with Crippen LogP contribution in [0.25, 0.3) is 28.3 Å². The van der Waals surface area contributed by atoms with E-state index in [4.69, 9.17) is 30.0 Å². The summed E-state index contributed by atoms with van der Waals surface area (Å²) in [6, 6.07) is 19.2. The van der Waals surface area contributed by atoms with Crippen LogP contribution in [0.3, 0.4) is 0 Å². The van der Waals surface area contributed by atoms with E-state index in [1.165, 1.54) is 5.56 Å². The van der Waals surface area contributed by atoms with Gasteiger partial charge >= 0.3 is 13.6 Å². The van der Waals surface area contributed by atoms with Crippen molar-refractivity contribution in [2.24, 2.45) is 0 Å². The number of amides is 1. The zero-order chi connectivity index (χ0) is 31.3. The molecular formula is C33H36ClN4O5P. The third-order valence-electron chi connectivity index (χ3n) is 7.33. The first-order valence-electron chi connectivity index (χ1n) is 14.7. The minimum atomic E-state index is -3.20. The minimum absolute atomic E-state index is 0.119. The second-order valence-electron chi connectivity index (χ2n) is 10.5. The van der Waals surface area contributed by atoms with Gasteiger partial charge in [0.15, 0.2) is 0 Å². The van der Waals surface area contributed by atoms with Crippen molar-refractivity contribution in [3.8, 4) is 17.3 Å². The van der Waals surface area contributed by atoms with Crippen LogP contribution < -0.4 is 5.32 Å². The van der Waals surface area contributed by atoms with Crippen LogP contribution in [0.1, 0.15) is 49.1 Å². The lowest BCUT2D eigenvalue weighted by Gasteiger charge is -2.17. The smallest absolute Gasteiger partial charge is 0.335 e. The van der Waals surface area contributed by atoms with E-state index < -0.39 is 7.60 Å². The molecular weight excluding hydrogens is 599 g/mol. The van der Waals surface area contributed by atoms with Crippen molar-refractivity contribution in [3.63, 3.8) is 0 Å². The zero-order valence-corrected chi connectivity index (χ0v) is 27.0. The largest absolute Gasteiger partial charge is 0.427 e. The molecule has 230 valence electrons. The van der Waals surface area contributed by atoms with E-state index in [-0.39, 0.29) is 18.5 Å². The van der Waals surface area contributed by atoms with Crippen LogP contribution in [-0.2, 0) is 31.0 Å². The second-order valence-corrected chi connectivity index (χ2v) is 13.0. The molecule has 0 saturated heterocycles. The first kappa shape index (κ1) is 31.7. The third-order valence-corrected chi connectivity index (χ3v) is 9.63. The molecule has 0 aliphatic heterocycles. The first-order chi connectivity index (χ1) is 21.2. The van der Waals surface area contributed by atoms with Gasteiger partial charge in [0.2, 0.25) is 5.91 Å². The Morgan fingerprint density at radius 3 is 2.39 bits per heavy atom. The third kappa shape index (κ3) is 7.30. The molecule has 0 radical (unpaired) electrons. The van der Waals surface area contributed by atoms with Crippen molar-refractivity contribution in [1.82, 2.24) is 14.5 Å². The number of hydrogen-bond donors (Lipinski definition) is 1. The molecule has 1 N–H and O–H groups in total. The Hall–Kier alpha value is -3.75. The predicted octanol–water partition coefficient (Wildman–Crippen LogP) is 8.68. The lowest BCUT2D eigenvalue weighted by molar-refractivity contribution is -0.116. The van der Waals surface area contributed by atoms with Gasteiger partial charge in [0.05, 0.1) is 30.4 Å². The molecule has 2 aromatic heterocycles. The summed E-state index contributed by atoms with van der Waals surface area (Å²) in [5.41, 5.74) is 7.13. The number of hydrogen-bond acceptors (Lipinski definition) is 7. The van der Waals surface area contributed by atoms with E-state index >= 15 is 0 Å². The maximum Gasteiger partial charge on any atom is 0.335 e. The Bertz CT molecular complexity index is 1790. The van der Waals surface area contributed by atoms with Crippen molar-refractivity contribution in [2.45, 2.75) is 53.1 Å². The average molecular weight is 635 g/mol. The van der Waals surface area contributed by atoms with Crippen LogP contribution >= 0.6 is 19.2 Å². The summed E-state index contributed by atoms with van der Waals surface area (Å²) < 4.78 is 31.8. The number of rotatable bonds is 13. The Morgan fingerprint density at radius 2 is 1.70 bits per heavy atom. The summed E-state index contributed by atoms with van der Waals surface area (Å²) in [6.45, 7) is 8.30. The van der Waals surface area contributed by atoms with Crippen LogP contribution in [0.2, 0.25) is 5.02 Å². The van der Waals surface area contributed by atoms with E-state index in [1.54, 1.807) is 32.3 Å². The van der Waals surface area contributed by atoms with Crippen LogP contribution in [0.15, 0.2) is 71.4 Å². The van der Waals surface area contributed by atoms with Gasteiger partial charge in [-0.05, 0) is 81.1 Å². The molecule has 5 rings (SSSR count). The molecule has 1 amide bonds. The average Bonchev–Trinajstić information content (AvgIpc) is 3.61. The number of imidazole rings is 1. The van der Waals surface area contributed by atoms with Crippen LogP contribution in [0.4, 0.5) is 5.69 Å². The van der Waals surface area contributed by atoms with Crippen LogP contribution in [0.5, 0.6) is 0 Å². The lowest BCUT2D eigenvalue weighted by Crippen LogP contribution is -2.11. The molecule has 0 aliphatic rings. The van der Waals surface area contributed by atoms with E-state index in [1.807, 2.05) is 47.0 Å². The van der Waals surface area contributed by atoms with E-state index in [0.29, 0.717) is 54.2 Å². The number of aryl methyl sites for hydroxylation is 3. The van der Waals surface area contributed by atoms with Gasteiger partial charge in [-0.15, -0.1) is 0 Å². The minimum Gasteiger partial charge on any atom is -0.427 e. The summed E-state index contributed by atoms with van der Waals surface area (Å²) in [5, 5.41) is 3.57. The Balaban J connectivity index is 1.27. The lowest BCUT2D eigenvalue weighted by atomic mass is 10.1. The highest BCUT2D eigenvalue weighted by molar-refractivity contribution is 7.53. The summed E-state index contributed by atoms with van der Waals surface area (Å²) in [5.74, 6) is 0.560. The number of carbonyl (C=O) groups excluding carboxylic acids is 1. The number of aromatic nitrogens is 3. The Morgan fingerprint density at radius 1 is 1.00 bits per heavy atom. The van der Waals surface area contributed by atoms with Gasteiger partial charge in [-0.25, -0.2) is 4.98 Å². The second kappa shape index (κ2) is 13.9. The molecule has 0 spiro atoms. The van der Waals surface area contributed by atoms with Crippen molar-refractivity contribution >= 4 is 41.8 Å². The molecule has 44 heavy (non-hydrogen) atoms. The van der Waals surface area contributed by atoms with Gasteiger partial charge in [-0.2, -0.15) is 4.98 Å². The fraction of sp³-hybridized carbons (Fsp3) is 0.303. The van der Waals surface area contributed by atoms with E-state index in [9.17, 15) is 9.36 Å². The number of fused-ring (bicyclic) bond motifs is 1. The van der Waals surface area contributed by atoms with Crippen LogP contribution in [0, 0.1) is 13.8 Å². The fourth-order valence-corrected chi connectivity index (χ4v) is 6.82. The van der Waals surface area contributed by atoms with Crippen molar-refractivity contribution in [1.29, 1.82) is 0 Å². The molecule has 0 saturated carbocycles. The van der Waals surface area contributed by atoms with Crippen LogP contribution in [-0.4, -0.2) is 33.7 Å². The summed E-state index contributed by atoms with van der Waals surface area (Å²) in [4.78, 5) is 22.3. The maximum absolute atomic E-state index is 12.8. The highest BCUT2D eigenvalue weighted by Gasteiger charge is 2.24. The summed E-state index contributed by atoms with van der Waals surface area (Å²) >= 11 is 6.14. The van der Waals surface area contributed by atoms with Crippen molar-refractivity contribution in [3.05, 3.63) is 94.5 Å². The number of anilines is 1. The molecule has 0 bridgehead atoms. The molecule has 11 heteroatoms. The van der Waals surface area contributed by atoms with Gasteiger partial charge < -0.3 is 18.8 Å². The van der Waals surface area contributed by atoms with E-state index in [2.05, 4.69) is 30.2 Å². The highest BCUT2D eigenvalue weighted by Crippen LogP contribution is 2.51. The zero-order valence-electron chi connectivity index (χ0n) is 25.3. The van der Waals surface area contributed by atoms with Gasteiger partial charge in [-0.1, -0.05) is 41.9 Å². The monoisotopic (exact) mass is 634 g/mol. The van der Waals surface area contributed by atoms with Crippen molar-refractivity contribution < 1.29 is 22.8 Å². The molecule has 3 aromatic carbocycles. The topological polar surface area (TPSA) is 108 Å². The van der Waals surface area contributed by atoms with Gasteiger partial charge in [0.1, 0.15) is 17.8 Å². The van der Waals surface area contributed by atoms with Crippen molar-refractivity contribution in [2.75, 3.05) is 18.5 Å². The molecule has 0 unspecified atom stereocenters. The predicted molar refractivity (Wildman–Crippen MR) is 174 cm³/mol. The quantitative estimate of drug-likeness (QED) is 0.129. The molecule has 0 fully saturated rings. The van der Waals surface area contributed by atoms with E-state index in [0.717, 1.165) is 27.7 Å². The van der Waals surface area contributed by atoms with Gasteiger partial charge in [0.25, 0.3) is 0 Å². The standard InChI is InChI=1S/C33H36ClN4O5P/c1-5-41-44(40,42-6-2)20-24-11-17-27(18-12-24)36-30(39)9-7-8-29-32(25-13-15-26(34)16-14-25)37-33(43-29)38-21-35-31-23(4)22(3)10-19-28(31)38/h10-19,21H,5-9,20H2,1-4H3,(H,36,39). The summed E-state index contributed by atoms with van der Waals surface area (Å²) in [7, 11) is -3.20. The molecule has 5 aromatic rings. The molecule has 0 atom stereocenters. The highest BCUT2D eigenvalue weighted by atomic mass is 35.5. The number of carbonyl (C=O) groups is 1. The number of benzene rings is 3. The SMILES string of the molecule is CCOP(=O)(Cc1ccc(NC(=O)CCCc2oc(-n3cnc4c(C)c(C)ccc43)nc2-c2ccc(Cl)cc2)cc1)OCC. The molecule has 9 nitrogen and oxygen atoms in total. The number of halogens is 1. The fourth-order valence-electron chi connectivity index (χ4n) is 4.99.